The van der Waals surface area contributed by atoms with Crippen molar-refractivity contribution < 1.29 is 4.79 Å². The first-order valence-electron chi connectivity index (χ1n) is 8.25. The lowest BCUT2D eigenvalue weighted by atomic mass is 9.92. The quantitative estimate of drug-likeness (QED) is 0.343. The van der Waals surface area contributed by atoms with Crippen molar-refractivity contribution in [2.24, 2.45) is 10.4 Å². The fraction of sp³-hybridized carbons (Fsp3) is 0.556. The number of rotatable bonds is 7. The van der Waals surface area contributed by atoms with E-state index in [0.717, 1.165) is 18.1 Å². The Morgan fingerprint density at radius 3 is 2.17 bits per heavy atom. The van der Waals surface area contributed by atoms with Gasteiger partial charge in [0.1, 0.15) is 0 Å². The van der Waals surface area contributed by atoms with Crippen molar-refractivity contribution in [1.29, 1.82) is 0 Å². The second kappa shape index (κ2) is 11.3. The Hall–Kier alpha value is -1.31. The minimum absolute atomic E-state index is 0. The average molecular weight is 446 g/mol. The second-order valence-corrected chi connectivity index (χ2v) is 6.28. The van der Waals surface area contributed by atoms with Crippen LogP contribution in [0.1, 0.15) is 38.8 Å². The number of guanidine groups is 1. The largest absolute Gasteiger partial charge is 0.357 e. The van der Waals surface area contributed by atoms with E-state index < -0.39 is 5.41 Å². The van der Waals surface area contributed by atoms with Crippen molar-refractivity contribution in [3.05, 3.63) is 35.4 Å². The van der Waals surface area contributed by atoms with Crippen LogP contribution in [0.2, 0.25) is 0 Å². The van der Waals surface area contributed by atoms with Crippen LogP contribution in [0, 0.1) is 12.3 Å². The molecule has 1 amide bonds. The molecule has 0 bridgehead atoms. The lowest BCUT2D eigenvalue weighted by molar-refractivity contribution is -0.128. The number of carbonyl (C=O) groups is 1. The molecule has 6 heteroatoms. The molecule has 0 aliphatic heterocycles. The van der Waals surface area contributed by atoms with Crippen LogP contribution in [0.25, 0.3) is 0 Å². The Morgan fingerprint density at radius 1 is 1.04 bits per heavy atom. The van der Waals surface area contributed by atoms with Gasteiger partial charge in [0.15, 0.2) is 5.96 Å². The lowest BCUT2D eigenvalue weighted by Crippen LogP contribution is -2.47. The molecular formula is C18H31IN4O. The third kappa shape index (κ3) is 7.99. The molecule has 1 aromatic rings. The fourth-order valence-electron chi connectivity index (χ4n) is 1.99. The monoisotopic (exact) mass is 446 g/mol. The lowest BCUT2D eigenvalue weighted by Gasteiger charge is -2.24. The maximum Gasteiger partial charge on any atom is 0.227 e. The van der Waals surface area contributed by atoms with Gasteiger partial charge in [0, 0.05) is 19.6 Å². The summed E-state index contributed by atoms with van der Waals surface area (Å²) >= 11 is 0. The number of halogens is 1. The molecule has 1 rings (SSSR count). The van der Waals surface area contributed by atoms with Crippen molar-refractivity contribution >= 4 is 35.8 Å². The summed E-state index contributed by atoms with van der Waals surface area (Å²) in [5, 5.41) is 9.34. The van der Waals surface area contributed by atoms with Crippen LogP contribution in [0.15, 0.2) is 29.3 Å². The Morgan fingerprint density at radius 2 is 1.62 bits per heavy atom. The van der Waals surface area contributed by atoms with Crippen LogP contribution in [0.4, 0.5) is 0 Å². The predicted molar refractivity (Wildman–Crippen MR) is 112 cm³/mol. The SMILES string of the molecule is CCNC(=O)C(C)(C)CNC(=NCc1ccc(C)cc1)NCC.I. The van der Waals surface area contributed by atoms with E-state index in [-0.39, 0.29) is 29.9 Å². The molecule has 0 aliphatic rings. The topological polar surface area (TPSA) is 65.5 Å². The smallest absolute Gasteiger partial charge is 0.227 e. The minimum Gasteiger partial charge on any atom is -0.357 e. The standard InChI is InChI=1S/C18H30N4O.HI/c1-6-19-16(23)18(4,5)13-22-17(20-7-2)21-12-15-10-8-14(3)9-11-15;/h8-11H,6-7,12-13H2,1-5H3,(H,19,23)(H2,20,21,22);1H. The Kier molecular flexibility index (Phi) is 10.7. The van der Waals surface area contributed by atoms with Crippen molar-refractivity contribution in [2.45, 2.75) is 41.2 Å². The van der Waals surface area contributed by atoms with Gasteiger partial charge in [-0.05, 0) is 40.2 Å². The second-order valence-electron chi connectivity index (χ2n) is 6.28. The van der Waals surface area contributed by atoms with Gasteiger partial charge in [0.2, 0.25) is 5.91 Å². The van der Waals surface area contributed by atoms with Crippen LogP contribution in [0.5, 0.6) is 0 Å². The van der Waals surface area contributed by atoms with Crippen LogP contribution >= 0.6 is 24.0 Å². The van der Waals surface area contributed by atoms with Gasteiger partial charge in [-0.25, -0.2) is 4.99 Å². The molecule has 5 nitrogen and oxygen atoms in total. The molecule has 1 aromatic carbocycles. The Labute approximate surface area is 163 Å². The number of hydrogen-bond donors (Lipinski definition) is 3. The number of carbonyl (C=O) groups excluding carboxylic acids is 1. The van der Waals surface area contributed by atoms with Gasteiger partial charge in [0.25, 0.3) is 0 Å². The number of benzene rings is 1. The molecule has 0 aliphatic carbocycles. The van der Waals surface area contributed by atoms with Gasteiger partial charge in [-0.3, -0.25) is 4.79 Å². The summed E-state index contributed by atoms with van der Waals surface area (Å²) in [6.07, 6.45) is 0. The first kappa shape index (κ1) is 22.7. The van der Waals surface area contributed by atoms with Crippen LogP contribution < -0.4 is 16.0 Å². The highest BCUT2D eigenvalue weighted by Crippen LogP contribution is 2.13. The summed E-state index contributed by atoms with van der Waals surface area (Å²) in [5.74, 6) is 0.771. The van der Waals surface area contributed by atoms with E-state index in [0.29, 0.717) is 19.6 Å². The third-order valence-electron chi connectivity index (χ3n) is 3.53. The van der Waals surface area contributed by atoms with Gasteiger partial charge in [-0.2, -0.15) is 0 Å². The van der Waals surface area contributed by atoms with E-state index in [2.05, 4.69) is 52.1 Å². The molecule has 24 heavy (non-hydrogen) atoms. The fourth-order valence-corrected chi connectivity index (χ4v) is 1.99. The van der Waals surface area contributed by atoms with Crippen LogP contribution in [-0.2, 0) is 11.3 Å². The third-order valence-corrected chi connectivity index (χ3v) is 3.53. The van der Waals surface area contributed by atoms with Gasteiger partial charge < -0.3 is 16.0 Å². The summed E-state index contributed by atoms with van der Waals surface area (Å²) in [4.78, 5) is 16.6. The molecule has 136 valence electrons. The molecule has 0 radical (unpaired) electrons. The highest BCUT2D eigenvalue weighted by atomic mass is 127. The first-order valence-corrected chi connectivity index (χ1v) is 8.25. The zero-order valence-electron chi connectivity index (χ0n) is 15.4. The van der Waals surface area contributed by atoms with E-state index in [1.807, 2.05) is 27.7 Å². The number of nitrogens with zero attached hydrogens (tertiary/aromatic N) is 1. The van der Waals surface area contributed by atoms with Gasteiger partial charge in [0.05, 0.1) is 12.0 Å². The molecule has 0 saturated heterocycles. The molecule has 0 heterocycles. The zero-order chi connectivity index (χ0) is 17.3. The van der Waals surface area contributed by atoms with E-state index in [1.165, 1.54) is 5.56 Å². The van der Waals surface area contributed by atoms with E-state index in [9.17, 15) is 4.79 Å². The van der Waals surface area contributed by atoms with Crippen LogP contribution in [0.3, 0.4) is 0 Å². The van der Waals surface area contributed by atoms with E-state index in [4.69, 9.17) is 0 Å². The number of amides is 1. The minimum atomic E-state index is -0.490. The van der Waals surface area contributed by atoms with Crippen molar-refractivity contribution in [1.82, 2.24) is 16.0 Å². The summed E-state index contributed by atoms with van der Waals surface area (Å²) in [6.45, 7) is 12.4. The molecule has 0 atom stereocenters. The van der Waals surface area contributed by atoms with Crippen molar-refractivity contribution in [3.8, 4) is 0 Å². The first-order chi connectivity index (χ1) is 10.9. The van der Waals surface area contributed by atoms with Crippen LogP contribution in [-0.4, -0.2) is 31.5 Å². The molecule has 0 fully saturated rings. The van der Waals surface area contributed by atoms with Gasteiger partial charge in [-0.15, -0.1) is 24.0 Å². The van der Waals surface area contributed by atoms with Crippen molar-refractivity contribution in [2.75, 3.05) is 19.6 Å². The van der Waals surface area contributed by atoms with Gasteiger partial charge >= 0.3 is 0 Å². The molecule has 0 unspecified atom stereocenters. The highest BCUT2D eigenvalue weighted by Gasteiger charge is 2.27. The predicted octanol–water partition coefficient (Wildman–Crippen LogP) is 2.83. The summed E-state index contributed by atoms with van der Waals surface area (Å²) in [7, 11) is 0. The highest BCUT2D eigenvalue weighted by molar-refractivity contribution is 14.0. The van der Waals surface area contributed by atoms with Crippen molar-refractivity contribution in [3.63, 3.8) is 0 Å². The summed E-state index contributed by atoms with van der Waals surface area (Å²) in [6, 6.07) is 8.34. The molecular weight excluding hydrogens is 415 g/mol. The zero-order valence-corrected chi connectivity index (χ0v) is 17.7. The van der Waals surface area contributed by atoms with E-state index in [1.54, 1.807) is 0 Å². The Balaban J connectivity index is 0.00000529. The Bertz CT molecular complexity index is 526. The number of nitrogens with one attached hydrogen (secondary N) is 3. The maximum atomic E-state index is 12.0. The molecule has 0 spiro atoms. The maximum absolute atomic E-state index is 12.0. The average Bonchev–Trinajstić information content (AvgIpc) is 2.52. The number of aliphatic imine (C=N–C) groups is 1. The summed E-state index contributed by atoms with van der Waals surface area (Å²) < 4.78 is 0. The molecule has 3 N–H and O–H groups in total. The normalized spacial score (nSPS) is 11.5. The summed E-state index contributed by atoms with van der Waals surface area (Å²) in [5.41, 5.74) is 1.91. The van der Waals surface area contributed by atoms with Gasteiger partial charge in [-0.1, -0.05) is 29.8 Å². The molecule has 0 aromatic heterocycles. The number of aryl methyl sites for hydroxylation is 1. The van der Waals surface area contributed by atoms with E-state index >= 15 is 0 Å². The molecule has 0 saturated carbocycles. The number of hydrogen-bond acceptors (Lipinski definition) is 2.